The highest BCUT2D eigenvalue weighted by Crippen LogP contribution is 2.24. The molecule has 3 rings (SSSR count). The molecule has 0 radical (unpaired) electrons. The minimum Gasteiger partial charge on any atom is -0.395 e. The molecule has 0 unspecified atom stereocenters. The summed E-state index contributed by atoms with van der Waals surface area (Å²) in [6.45, 7) is 6.38. The summed E-state index contributed by atoms with van der Waals surface area (Å²) < 4.78 is 5.96. The Morgan fingerprint density at radius 2 is 2.26 bits per heavy atom. The fourth-order valence-electron chi connectivity index (χ4n) is 3.51. The van der Waals surface area contributed by atoms with Crippen LogP contribution in [0.5, 0.6) is 0 Å². The molecule has 2 atom stereocenters. The van der Waals surface area contributed by atoms with Crippen LogP contribution in [0.1, 0.15) is 32.3 Å². The summed E-state index contributed by atoms with van der Waals surface area (Å²) in [7, 11) is 0. The highest BCUT2D eigenvalue weighted by atomic mass is 16.5. The zero-order valence-corrected chi connectivity index (χ0v) is 16.1. The molecule has 3 heterocycles. The van der Waals surface area contributed by atoms with E-state index in [1.165, 1.54) is 0 Å². The van der Waals surface area contributed by atoms with Crippen molar-refractivity contribution in [3.8, 4) is 0 Å². The maximum Gasteiger partial charge on any atom is 0.134 e. The minimum absolute atomic E-state index is 0.0545. The average Bonchev–Trinajstić information content (AvgIpc) is 2.69. The van der Waals surface area contributed by atoms with E-state index < -0.39 is 0 Å². The van der Waals surface area contributed by atoms with Crippen LogP contribution in [0.4, 0.5) is 11.6 Å². The molecule has 0 aromatic carbocycles. The summed E-state index contributed by atoms with van der Waals surface area (Å²) in [6.07, 6.45) is 7.45. The van der Waals surface area contributed by atoms with E-state index in [0.29, 0.717) is 19.0 Å². The van der Waals surface area contributed by atoms with Gasteiger partial charge in [-0.3, -0.25) is 4.98 Å². The van der Waals surface area contributed by atoms with Gasteiger partial charge in [0.25, 0.3) is 0 Å². The Kier molecular flexibility index (Phi) is 6.95. The van der Waals surface area contributed by atoms with E-state index in [1.807, 2.05) is 29.3 Å². The van der Waals surface area contributed by atoms with E-state index in [9.17, 15) is 5.11 Å². The van der Waals surface area contributed by atoms with E-state index in [1.54, 1.807) is 12.5 Å². The summed E-state index contributed by atoms with van der Waals surface area (Å²) in [5.41, 5.74) is 1.07. The summed E-state index contributed by atoms with van der Waals surface area (Å²) in [5, 5.41) is 13.0. The smallest absolute Gasteiger partial charge is 0.134 e. The first-order valence-corrected chi connectivity index (χ1v) is 9.62. The summed E-state index contributed by atoms with van der Waals surface area (Å²) in [4.78, 5) is 15.0. The average molecular weight is 371 g/mol. The summed E-state index contributed by atoms with van der Waals surface area (Å²) in [5.74, 6) is 2.01. The lowest BCUT2D eigenvalue weighted by Gasteiger charge is -2.35. The normalized spacial score (nSPS) is 19.9. The Bertz CT molecular complexity index is 698. The van der Waals surface area contributed by atoms with Crippen LogP contribution in [0, 0.1) is 5.92 Å². The molecule has 7 heteroatoms. The maximum absolute atomic E-state index is 9.47. The fraction of sp³-hybridized carbons (Fsp3) is 0.550. The number of rotatable bonds is 8. The van der Waals surface area contributed by atoms with E-state index >= 15 is 0 Å². The number of pyridine rings is 1. The van der Waals surface area contributed by atoms with Crippen LogP contribution in [0.2, 0.25) is 0 Å². The molecule has 7 nitrogen and oxygen atoms in total. The van der Waals surface area contributed by atoms with Gasteiger partial charge in [-0.15, -0.1) is 0 Å². The Labute approximate surface area is 160 Å². The number of ether oxygens (including phenoxy) is 1. The molecule has 1 fully saturated rings. The lowest BCUT2D eigenvalue weighted by atomic mass is 9.94. The van der Waals surface area contributed by atoms with Crippen molar-refractivity contribution < 1.29 is 9.84 Å². The van der Waals surface area contributed by atoms with Crippen LogP contribution in [0.3, 0.4) is 0 Å². The number of aliphatic hydroxyl groups is 1. The number of aromatic nitrogens is 3. The number of nitrogens with zero attached hydrogens (tertiary/aromatic N) is 4. The second kappa shape index (κ2) is 9.62. The second-order valence-electron chi connectivity index (χ2n) is 7.24. The van der Waals surface area contributed by atoms with E-state index in [0.717, 1.165) is 36.6 Å². The molecule has 0 amide bonds. The van der Waals surface area contributed by atoms with Crippen molar-refractivity contribution in [2.45, 2.75) is 45.4 Å². The molecule has 1 saturated heterocycles. The van der Waals surface area contributed by atoms with Crippen molar-refractivity contribution in [2.24, 2.45) is 5.92 Å². The summed E-state index contributed by atoms with van der Waals surface area (Å²) >= 11 is 0. The number of nitrogens with one attached hydrogen (secondary N) is 1. The fourth-order valence-corrected chi connectivity index (χ4v) is 3.51. The zero-order chi connectivity index (χ0) is 19.1. The predicted octanol–water partition coefficient (Wildman–Crippen LogP) is 2.49. The topological polar surface area (TPSA) is 83.4 Å². The van der Waals surface area contributed by atoms with Crippen molar-refractivity contribution in [1.82, 2.24) is 15.0 Å². The third-order valence-corrected chi connectivity index (χ3v) is 4.80. The number of anilines is 2. The Morgan fingerprint density at radius 1 is 1.37 bits per heavy atom. The zero-order valence-electron chi connectivity index (χ0n) is 16.1. The SMILES string of the molecule is CC(C)[C@H]1OCCC[C@@H]1Nc1cc(N(CCO)Cc2cccnc2)ncn1. The van der Waals surface area contributed by atoms with Gasteiger partial charge < -0.3 is 20.1 Å². The maximum atomic E-state index is 9.47. The minimum atomic E-state index is 0.0545. The van der Waals surface area contributed by atoms with Crippen molar-refractivity contribution in [3.63, 3.8) is 0 Å². The van der Waals surface area contributed by atoms with Crippen molar-refractivity contribution in [1.29, 1.82) is 0 Å². The predicted molar refractivity (Wildman–Crippen MR) is 106 cm³/mol. The van der Waals surface area contributed by atoms with Gasteiger partial charge in [-0.1, -0.05) is 19.9 Å². The molecule has 146 valence electrons. The van der Waals surface area contributed by atoms with E-state index in [4.69, 9.17) is 4.74 Å². The van der Waals surface area contributed by atoms with E-state index in [-0.39, 0.29) is 18.8 Å². The molecule has 2 aromatic rings. The van der Waals surface area contributed by atoms with Crippen LogP contribution in [-0.2, 0) is 11.3 Å². The molecule has 0 spiro atoms. The highest BCUT2D eigenvalue weighted by molar-refractivity contribution is 5.49. The quantitative estimate of drug-likeness (QED) is 0.737. The third-order valence-electron chi connectivity index (χ3n) is 4.80. The first-order valence-electron chi connectivity index (χ1n) is 9.62. The van der Waals surface area contributed by atoms with Crippen LogP contribution in [0.25, 0.3) is 0 Å². The van der Waals surface area contributed by atoms with Gasteiger partial charge in [0.1, 0.15) is 18.0 Å². The van der Waals surface area contributed by atoms with Crippen LogP contribution in [-0.4, -0.2) is 52.0 Å². The molecule has 1 aliphatic heterocycles. The van der Waals surface area contributed by atoms with Gasteiger partial charge in [0.05, 0.1) is 18.8 Å². The van der Waals surface area contributed by atoms with Gasteiger partial charge in [0, 0.05) is 38.2 Å². The van der Waals surface area contributed by atoms with Crippen LogP contribution >= 0.6 is 0 Å². The highest BCUT2D eigenvalue weighted by Gasteiger charge is 2.28. The molecule has 0 saturated carbocycles. The van der Waals surface area contributed by atoms with Gasteiger partial charge in [-0.2, -0.15) is 0 Å². The van der Waals surface area contributed by atoms with Gasteiger partial charge >= 0.3 is 0 Å². The molecule has 0 aliphatic carbocycles. The molecular formula is C20H29N5O2. The molecule has 1 aliphatic rings. The van der Waals surface area contributed by atoms with Crippen molar-refractivity contribution >= 4 is 11.6 Å². The Hall–Kier alpha value is -2.25. The lowest BCUT2D eigenvalue weighted by Crippen LogP contribution is -2.43. The molecular weight excluding hydrogens is 342 g/mol. The van der Waals surface area contributed by atoms with Gasteiger partial charge in [0.2, 0.25) is 0 Å². The summed E-state index contributed by atoms with van der Waals surface area (Å²) in [6, 6.07) is 6.11. The monoisotopic (exact) mass is 371 g/mol. The van der Waals surface area contributed by atoms with E-state index in [2.05, 4.69) is 34.1 Å². The third kappa shape index (κ3) is 5.37. The van der Waals surface area contributed by atoms with Gasteiger partial charge in [-0.05, 0) is 30.4 Å². The Balaban J connectivity index is 1.74. The molecule has 27 heavy (non-hydrogen) atoms. The molecule has 2 N–H and O–H groups in total. The number of hydrogen-bond acceptors (Lipinski definition) is 7. The Morgan fingerprint density at radius 3 is 3.00 bits per heavy atom. The van der Waals surface area contributed by atoms with Crippen LogP contribution < -0.4 is 10.2 Å². The number of hydrogen-bond donors (Lipinski definition) is 2. The standard InChI is InChI=1S/C20H29N5O2/c1-15(2)20-17(6-4-10-27-20)24-18-11-19(23-14-22-18)25(8-9-26)13-16-5-3-7-21-12-16/h3,5,7,11-12,14-15,17,20,26H,4,6,8-10,13H2,1-2H3,(H,22,23,24)/t17-,20+/m0/s1. The first-order chi connectivity index (χ1) is 13.2. The van der Waals surface area contributed by atoms with Gasteiger partial charge in [-0.25, -0.2) is 9.97 Å². The van der Waals surface area contributed by atoms with Crippen molar-refractivity contribution in [3.05, 3.63) is 42.5 Å². The van der Waals surface area contributed by atoms with Crippen LogP contribution in [0.15, 0.2) is 36.9 Å². The first kappa shape index (κ1) is 19.5. The number of aliphatic hydroxyl groups excluding tert-OH is 1. The second-order valence-corrected chi connectivity index (χ2v) is 7.24. The largest absolute Gasteiger partial charge is 0.395 e. The molecule has 2 aromatic heterocycles. The lowest BCUT2D eigenvalue weighted by molar-refractivity contribution is -0.0203. The van der Waals surface area contributed by atoms with Crippen molar-refractivity contribution in [2.75, 3.05) is 30.0 Å². The van der Waals surface area contributed by atoms with Gasteiger partial charge in [0.15, 0.2) is 0 Å². The molecule has 0 bridgehead atoms.